The first-order valence-corrected chi connectivity index (χ1v) is 7.38. The van der Waals surface area contributed by atoms with Crippen molar-refractivity contribution in [3.8, 4) is 0 Å². The predicted octanol–water partition coefficient (Wildman–Crippen LogP) is 2.65. The Labute approximate surface area is 125 Å². The van der Waals surface area contributed by atoms with Gasteiger partial charge in [-0.25, -0.2) is 9.59 Å². The van der Waals surface area contributed by atoms with Crippen LogP contribution in [0.25, 0.3) is 0 Å². The zero-order chi connectivity index (χ0) is 15.4. The van der Waals surface area contributed by atoms with Crippen molar-refractivity contribution in [2.75, 3.05) is 11.4 Å². The van der Waals surface area contributed by atoms with Gasteiger partial charge in [-0.1, -0.05) is 32.0 Å². The summed E-state index contributed by atoms with van der Waals surface area (Å²) in [7, 11) is 0. The van der Waals surface area contributed by atoms with Gasteiger partial charge >= 0.3 is 12.0 Å². The first-order chi connectivity index (χ1) is 10.0. The summed E-state index contributed by atoms with van der Waals surface area (Å²) in [6.45, 7) is 4.85. The number of hydrogen-bond acceptors (Lipinski definition) is 2. The second-order valence-electron chi connectivity index (χ2n) is 5.82. The predicted molar refractivity (Wildman–Crippen MR) is 81.5 cm³/mol. The van der Waals surface area contributed by atoms with E-state index in [1.165, 1.54) is 4.90 Å². The molecule has 114 valence electrons. The first kappa shape index (κ1) is 15.4. The van der Waals surface area contributed by atoms with Crippen LogP contribution in [0, 0.1) is 5.92 Å². The number of nitrogens with zero attached hydrogens (tertiary/aromatic N) is 1. The molecule has 1 aliphatic heterocycles. The van der Waals surface area contributed by atoms with Gasteiger partial charge in [0.05, 0.1) is 0 Å². The molecule has 0 fully saturated rings. The number of fused-ring (bicyclic) bond motifs is 1. The van der Waals surface area contributed by atoms with Gasteiger partial charge in [-0.05, 0) is 30.4 Å². The molecule has 0 bridgehead atoms. The van der Waals surface area contributed by atoms with E-state index in [-0.39, 0.29) is 6.03 Å². The molecule has 0 saturated heterocycles. The van der Waals surface area contributed by atoms with E-state index in [9.17, 15) is 14.7 Å². The zero-order valence-electron chi connectivity index (χ0n) is 12.5. The van der Waals surface area contributed by atoms with E-state index >= 15 is 0 Å². The Balaban J connectivity index is 2.04. The largest absolute Gasteiger partial charge is 0.480 e. The van der Waals surface area contributed by atoms with Crippen LogP contribution in [-0.2, 0) is 11.2 Å². The monoisotopic (exact) mass is 290 g/mol. The second kappa shape index (κ2) is 6.61. The molecular formula is C16H22N2O3. The zero-order valence-corrected chi connectivity index (χ0v) is 12.5. The second-order valence-corrected chi connectivity index (χ2v) is 5.82. The van der Waals surface area contributed by atoms with Gasteiger partial charge in [-0.3, -0.25) is 4.90 Å². The molecule has 0 radical (unpaired) electrons. The molecule has 0 saturated carbocycles. The molecule has 1 aromatic carbocycles. The fourth-order valence-electron chi connectivity index (χ4n) is 2.63. The molecule has 1 aliphatic rings. The smallest absolute Gasteiger partial charge is 0.327 e. The lowest BCUT2D eigenvalue weighted by Crippen LogP contribution is -2.48. The number of carbonyl (C=O) groups is 2. The molecule has 2 amide bonds. The first-order valence-electron chi connectivity index (χ1n) is 7.38. The molecule has 5 heteroatoms. The number of nitrogens with one attached hydrogen (secondary N) is 1. The normalized spacial score (nSPS) is 16.9. The number of urea groups is 1. The van der Waals surface area contributed by atoms with Gasteiger partial charge in [0, 0.05) is 18.7 Å². The summed E-state index contributed by atoms with van der Waals surface area (Å²) >= 11 is 0. The van der Waals surface area contributed by atoms with E-state index in [1.807, 2.05) is 18.2 Å². The Bertz CT molecular complexity index is 528. The average molecular weight is 290 g/mol. The van der Waals surface area contributed by atoms with Gasteiger partial charge in [0.25, 0.3) is 0 Å². The quantitative estimate of drug-likeness (QED) is 0.819. The average Bonchev–Trinajstić information content (AvgIpc) is 2.83. The molecule has 1 atom stereocenters. The number of aliphatic carboxylic acids is 1. The van der Waals surface area contributed by atoms with Crippen molar-refractivity contribution in [3.63, 3.8) is 0 Å². The molecule has 0 spiro atoms. The highest BCUT2D eigenvalue weighted by Gasteiger charge is 2.38. The van der Waals surface area contributed by atoms with Crippen molar-refractivity contribution >= 4 is 17.7 Å². The van der Waals surface area contributed by atoms with E-state index < -0.39 is 12.0 Å². The standard InChI is InChI=1S/C16H22N2O3/c1-11(2)6-5-9-17-16(21)18-13-8-4-3-7-12(13)10-14(18)15(19)20/h3-4,7-8,11,14H,5-6,9-10H2,1-2H3,(H,17,21)(H,19,20)/t14-/m0/s1. The Morgan fingerprint density at radius 3 is 2.76 bits per heavy atom. The Morgan fingerprint density at radius 2 is 2.10 bits per heavy atom. The summed E-state index contributed by atoms with van der Waals surface area (Å²) in [6, 6.07) is 6.22. The maximum Gasteiger partial charge on any atom is 0.327 e. The fraction of sp³-hybridized carbons (Fsp3) is 0.500. The van der Waals surface area contributed by atoms with Gasteiger partial charge in [0.15, 0.2) is 0 Å². The lowest BCUT2D eigenvalue weighted by Gasteiger charge is -2.23. The van der Waals surface area contributed by atoms with Crippen LogP contribution in [0.1, 0.15) is 32.3 Å². The number of amides is 2. The third-order valence-corrected chi connectivity index (χ3v) is 3.71. The number of carboxylic acids is 1. The summed E-state index contributed by atoms with van der Waals surface area (Å²) in [6.07, 6.45) is 2.31. The van der Waals surface area contributed by atoms with Gasteiger partial charge in [0.1, 0.15) is 6.04 Å². The molecule has 5 nitrogen and oxygen atoms in total. The van der Waals surface area contributed by atoms with Crippen LogP contribution in [0.5, 0.6) is 0 Å². The van der Waals surface area contributed by atoms with Crippen LogP contribution in [0.2, 0.25) is 0 Å². The molecule has 0 aliphatic carbocycles. The Kier molecular flexibility index (Phi) is 4.83. The molecule has 1 aromatic rings. The van der Waals surface area contributed by atoms with Crippen LogP contribution >= 0.6 is 0 Å². The van der Waals surface area contributed by atoms with Crippen molar-refractivity contribution in [1.29, 1.82) is 0 Å². The molecule has 0 aromatic heterocycles. The van der Waals surface area contributed by atoms with Crippen molar-refractivity contribution < 1.29 is 14.7 Å². The number of rotatable bonds is 5. The molecule has 21 heavy (non-hydrogen) atoms. The maximum absolute atomic E-state index is 12.3. The van der Waals surface area contributed by atoms with Gasteiger partial charge in [-0.15, -0.1) is 0 Å². The lowest BCUT2D eigenvalue weighted by atomic mass is 10.1. The highest BCUT2D eigenvalue weighted by Crippen LogP contribution is 2.32. The highest BCUT2D eigenvalue weighted by atomic mass is 16.4. The summed E-state index contributed by atoms with van der Waals surface area (Å²) in [5.74, 6) is -0.371. The molecular weight excluding hydrogens is 268 g/mol. The lowest BCUT2D eigenvalue weighted by molar-refractivity contribution is -0.138. The summed E-state index contributed by atoms with van der Waals surface area (Å²) in [5, 5.41) is 12.2. The SMILES string of the molecule is CC(C)CCCNC(=O)N1c2ccccc2C[C@H]1C(=O)O. The van der Waals surface area contributed by atoms with E-state index in [4.69, 9.17) is 0 Å². The van der Waals surface area contributed by atoms with Gasteiger partial charge in [-0.2, -0.15) is 0 Å². The maximum atomic E-state index is 12.3. The molecule has 0 unspecified atom stereocenters. The molecule has 2 rings (SSSR count). The van der Waals surface area contributed by atoms with E-state index in [1.54, 1.807) is 6.07 Å². The Morgan fingerprint density at radius 1 is 1.38 bits per heavy atom. The van der Waals surface area contributed by atoms with Crippen LogP contribution < -0.4 is 10.2 Å². The minimum Gasteiger partial charge on any atom is -0.480 e. The minimum absolute atomic E-state index is 0.323. The van der Waals surface area contributed by atoms with Crippen molar-refractivity contribution in [3.05, 3.63) is 29.8 Å². The number of hydrogen-bond donors (Lipinski definition) is 2. The van der Waals surface area contributed by atoms with E-state index in [0.717, 1.165) is 18.4 Å². The number of anilines is 1. The topological polar surface area (TPSA) is 69.6 Å². The van der Waals surface area contributed by atoms with Crippen molar-refractivity contribution in [2.45, 2.75) is 39.2 Å². The number of carbonyl (C=O) groups excluding carboxylic acids is 1. The van der Waals surface area contributed by atoms with Crippen molar-refractivity contribution in [1.82, 2.24) is 5.32 Å². The Hall–Kier alpha value is -2.04. The van der Waals surface area contributed by atoms with Crippen molar-refractivity contribution in [2.24, 2.45) is 5.92 Å². The van der Waals surface area contributed by atoms with Crippen LogP contribution in [0.4, 0.5) is 10.5 Å². The van der Waals surface area contributed by atoms with Gasteiger partial charge in [0.2, 0.25) is 0 Å². The summed E-state index contributed by atoms with van der Waals surface area (Å²) < 4.78 is 0. The van der Waals surface area contributed by atoms with Crippen LogP contribution in [0.3, 0.4) is 0 Å². The summed E-state index contributed by atoms with van der Waals surface area (Å²) in [4.78, 5) is 25.1. The molecule has 1 heterocycles. The minimum atomic E-state index is -0.969. The fourth-order valence-corrected chi connectivity index (χ4v) is 2.63. The number of para-hydroxylation sites is 1. The van der Waals surface area contributed by atoms with E-state index in [2.05, 4.69) is 19.2 Å². The highest BCUT2D eigenvalue weighted by molar-refractivity contribution is 6.01. The summed E-state index contributed by atoms with van der Waals surface area (Å²) in [5.41, 5.74) is 1.61. The van der Waals surface area contributed by atoms with E-state index in [0.29, 0.717) is 24.6 Å². The third kappa shape index (κ3) is 3.54. The molecule has 2 N–H and O–H groups in total. The van der Waals surface area contributed by atoms with Crippen LogP contribution in [-0.4, -0.2) is 29.7 Å². The van der Waals surface area contributed by atoms with Gasteiger partial charge < -0.3 is 10.4 Å². The number of carboxylic acid groups (broad SMARTS) is 1. The van der Waals surface area contributed by atoms with Crippen LogP contribution in [0.15, 0.2) is 24.3 Å². The third-order valence-electron chi connectivity index (χ3n) is 3.71. The number of benzene rings is 1.